The summed E-state index contributed by atoms with van der Waals surface area (Å²) < 4.78 is 1.86. The number of carbonyl (C=O) groups excluding carboxylic acids is 1. The first kappa shape index (κ1) is 20.2. The van der Waals surface area contributed by atoms with Crippen LogP contribution in [0.2, 0.25) is 0 Å². The summed E-state index contributed by atoms with van der Waals surface area (Å²) in [4.78, 5) is 32.4. The van der Waals surface area contributed by atoms with Crippen molar-refractivity contribution in [3.05, 3.63) is 41.9 Å². The Hall–Kier alpha value is -3.07. The quantitative estimate of drug-likeness (QED) is 0.683. The zero-order chi connectivity index (χ0) is 21.5. The van der Waals surface area contributed by atoms with Gasteiger partial charge in [-0.05, 0) is 41.0 Å². The van der Waals surface area contributed by atoms with Gasteiger partial charge >= 0.3 is 0 Å². The molecule has 0 bridgehead atoms. The molecule has 1 fully saturated rings. The van der Waals surface area contributed by atoms with Crippen LogP contribution in [0.25, 0.3) is 5.65 Å². The van der Waals surface area contributed by atoms with E-state index >= 15 is 0 Å². The highest BCUT2D eigenvalue weighted by molar-refractivity contribution is 6.02. The normalized spacial score (nSPS) is 17.0. The minimum absolute atomic E-state index is 0.0825. The molecule has 0 spiro atoms. The second-order valence-corrected chi connectivity index (χ2v) is 8.86. The van der Waals surface area contributed by atoms with Crippen LogP contribution in [0, 0.1) is 13.8 Å². The van der Waals surface area contributed by atoms with Gasteiger partial charge in [-0.2, -0.15) is 0 Å². The smallest absolute Gasteiger partial charge is 0.277 e. The zero-order valence-corrected chi connectivity index (χ0v) is 18.1. The number of nitrogens with one attached hydrogen (secondary N) is 2. The Labute approximate surface area is 176 Å². The minimum atomic E-state index is -0.342. The summed E-state index contributed by atoms with van der Waals surface area (Å²) in [6.45, 7) is 12.1. The van der Waals surface area contributed by atoms with E-state index in [9.17, 15) is 4.79 Å². The summed E-state index contributed by atoms with van der Waals surface area (Å²) in [7, 11) is 0. The molecule has 1 atom stereocenters. The van der Waals surface area contributed by atoms with Crippen LogP contribution in [-0.2, 0) is 0 Å². The summed E-state index contributed by atoms with van der Waals surface area (Å²) in [5.74, 6) is 0.892. The van der Waals surface area contributed by atoms with Gasteiger partial charge in [0, 0.05) is 30.9 Å². The number of aryl methyl sites for hydroxylation is 2. The number of carbonyl (C=O) groups is 1. The van der Waals surface area contributed by atoms with Gasteiger partial charge < -0.3 is 19.9 Å². The number of imidazole rings is 1. The molecule has 1 unspecified atom stereocenters. The predicted molar refractivity (Wildman–Crippen MR) is 116 cm³/mol. The van der Waals surface area contributed by atoms with Gasteiger partial charge in [0.2, 0.25) is 0 Å². The van der Waals surface area contributed by atoms with Crippen LogP contribution in [0.1, 0.15) is 49.1 Å². The fourth-order valence-electron chi connectivity index (χ4n) is 3.81. The van der Waals surface area contributed by atoms with E-state index < -0.39 is 0 Å². The fraction of sp³-hybridized carbons (Fsp3) is 0.476. The van der Waals surface area contributed by atoms with Crippen LogP contribution in [0.4, 0.5) is 11.6 Å². The predicted octanol–water partition coefficient (Wildman–Crippen LogP) is 2.36. The zero-order valence-electron chi connectivity index (χ0n) is 18.1. The first-order valence-electron chi connectivity index (χ1n) is 10.2. The Kier molecular flexibility index (Phi) is 5.15. The molecule has 4 heterocycles. The monoisotopic (exact) mass is 408 g/mol. The molecule has 158 valence electrons. The Bertz CT molecular complexity index is 1070. The highest BCUT2D eigenvalue weighted by Crippen LogP contribution is 2.19. The Balaban J connectivity index is 1.42. The fourth-order valence-corrected chi connectivity index (χ4v) is 3.81. The van der Waals surface area contributed by atoms with E-state index in [0.29, 0.717) is 11.9 Å². The van der Waals surface area contributed by atoms with Gasteiger partial charge in [0.15, 0.2) is 5.65 Å². The summed E-state index contributed by atoms with van der Waals surface area (Å²) >= 11 is 0. The van der Waals surface area contributed by atoms with E-state index in [1.54, 1.807) is 12.4 Å². The lowest BCUT2D eigenvalue weighted by Crippen LogP contribution is -2.45. The lowest BCUT2D eigenvalue weighted by atomic mass is 10.1. The van der Waals surface area contributed by atoms with Crippen LogP contribution in [0.3, 0.4) is 0 Å². The van der Waals surface area contributed by atoms with Crippen molar-refractivity contribution < 1.29 is 4.79 Å². The SMILES string of the molecule is Cc1cn2cc(NC(=O)c3cnc(N4CCC(NC(C)(C)C)C4)cn3)nc(C)c2n1. The number of hydrogen-bond donors (Lipinski definition) is 2. The molecular formula is C21H28N8O. The average Bonchev–Trinajstić information content (AvgIpc) is 3.26. The van der Waals surface area contributed by atoms with Crippen molar-refractivity contribution in [3.63, 3.8) is 0 Å². The van der Waals surface area contributed by atoms with E-state index in [1.807, 2.05) is 24.4 Å². The summed E-state index contributed by atoms with van der Waals surface area (Å²) in [6.07, 6.45) is 7.88. The molecule has 0 aliphatic carbocycles. The Morgan fingerprint density at radius 1 is 1.13 bits per heavy atom. The van der Waals surface area contributed by atoms with Gasteiger partial charge in [-0.25, -0.2) is 19.9 Å². The van der Waals surface area contributed by atoms with Crippen LogP contribution in [-0.4, -0.2) is 54.9 Å². The van der Waals surface area contributed by atoms with E-state index in [2.05, 4.69) is 56.2 Å². The number of aromatic nitrogens is 5. The molecule has 3 aromatic rings. The topological polar surface area (TPSA) is 100 Å². The third kappa shape index (κ3) is 4.40. The molecule has 4 rings (SSSR count). The molecule has 3 aromatic heterocycles. The number of rotatable bonds is 4. The molecule has 9 nitrogen and oxygen atoms in total. The molecule has 2 N–H and O–H groups in total. The van der Waals surface area contributed by atoms with Gasteiger partial charge in [-0.1, -0.05) is 0 Å². The first-order chi connectivity index (χ1) is 14.2. The molecule has 0 aromatic carbocycles. The molecule has 1 aliphatic heterocycles. The van der Waals surface area contributed by atoms with Crippen LogP contribution >= 0.6 is 0 Å². The third-order valence-electron chi connectivity index (χ3n) is 4.99. The lowest BCUT2D eigenvalue weighted by Gasteiger charge is -2.26. The maximum absolute atomic E-state index is 12.6. The Morgan fingerprint density at radius 3 is 2.63 bits per heavy atom. The maximum Gasteiger partial charge on any atom is 0.277 e. The standard InChI is InChI=1S/C21H28N8O/c1-13-10-29-12-17(25-14(2)19(29)24-13)26-20(30)16-8-23-18(9-22-16)28-7-6-15(11-28)27-21(3,4)5/h8-10,12,15,27H,6-7,11H2,1-5H3,(H,26,30). The molecule has 30 heavy (non-hydrogen) atoms. The van der Waals surface area contributed by atoms with E-state index in [-0.39, 0.29) is 17.1 Å². The van der Waals surface area contributed by atoms with Crippen LogP contribution in [0.5, 0.6) is 0 Å². The molecule has 1 aliphatic rings. The highest BCUT2D eigenvalue weighted by atomic mass is 16.2. The molecule has 9 heteroatoms. The van der Waals surface area contributed by atoms with Crippen molar-refractivity contribution >= 4 is 23.2 Å². The second kappa shape index (κ2) is 7.64. The van der Waals surface area contributed by atoms with Gasteiger partial charge in [0.05, 0.1) is 30.0 Å². The number of nitrogens with zero attached hydrogens (tertiary/aromatic N) is 6. The number of fused-ring (bicyclic) bond motifs is 1. The second-order valence-electron chi connectivity index (χ2n) is 8.86. The number of anilines is 2. The van der Waals surface area contributed by atoms with Crippen molar-refractivity contribution in [2.75, 3.05) is 23.3 Å². The van der Waals surface area contributed by atoms with E-state index in [0.717, 1.165) is 42.4 Å². The maximum atomic E-state index is 12.6. The van der Waals surface area contributed by atoms with Crippen molar-refractivity contribution in [1.29, 1.82) is 0 Å². The number of hydrogen-bond acceptors (Lipinski definition) is 7. The average molecular weight is 409 g/mol. The van der Waals surface area contributed by atoms with Crippen LogP contribution < -0.4 is 15.5 Å². The molecular weight excluding hydrogens is 380 g/mol. The van der Waals surface area contributed by atoms with Crippen molar-refractivity contribution in [2.45, 2.75) is 52.6 Å². The molecule has 1 saturated heterocycles. The highest BCUT2D eigenvalue weighted by Gasteiger charge is 2.26. The summed E-state index contributed by atoms with van der Waals surface area (Å²) in [5, 5.41) is 6.42. The molecule has 0 radical (unpaired) electrons. The summed E-state index contributed by atoms with van der Waals surface area (Å²) in [6, 6.07) is 0.422. The van der Waals surface area contributed by atoms with Crippen LogP contribution in [0.15, 0.2) is 24.8 Å². The van der Waals surface area contributed by atoms with Gasteiger partial charge in [-0.15, -0.1) is 0 Å². The molecule has 1 amide bonds. The Morgan fingerprint density at radius 2 is 1.93 bits per heavy atom. The van der Waals surface area contributed by atoms with E-state index in [1.165, 1.54) is 6.20 Å². The first-order valence-corrected chi connectivity index (χ1v) is 10.2. The molecule has 0 saturated carbocycles. The van der Waals surface area contributed by atoms with Gasteiger partial charge in [0.25, 0.3) is 5.91 Å². The minimum Gasteiger partial charge on any atom is -0.354 e. The van der Waals surface area contributed by atoms with Crippen molar-refractivity contribution in [2.24, 2.45) is 0 Å². The summed E-state index contributed by atoms with van der Waals surface area (Å²) in [5.41, 5.74) is 2.75. The third-order valence-corrected chi connectivity index (χ3v) is 4.99. The van der Waals surface area contributed by atoms with Crippen molar-refractivity contribution in [3.8, 4) is 0 Å². The largest absolute Gasteiger partial charge is 0.354 e. The lowest BCUT2D eigenvalue weighted by molar-refractivity contribution is 0.102. The van der Waals surface area contributed by atoms with Gasteiger partial charge in [0.1, 0.15) is 17.3 Å². The number of amides is 1. The van der Waals surface area contributed by atoms with E-state index in [4.69, 9.17) is 0 Å². The van der Waals surface area contributed by atoms with Gasteiger partial charge in [-0.3, -0.25) is 4.79 Å². The van der Waals surface area contributed by atoms with Crippen molar-refractivity contribution in [1.82, 2.24) is 29.7 Å².